The Morgan fingerprint density at radius 2 is 2.00 bits per heavy atom. The van der Waals surface area contributed by atoms with Gasteiger partial charge >= 0.3 is 5.97 Å². The molecule has 0 aliphatic heterocycles. The van der Waals surface area contributed by atoms with Gasteiger partial charge in [0.15, 0.2) is 0 Å². The van der Waals surface area contributed by atoms with E-state index in [1.165, 1.54) is 11.3 Å². The smallest absolute Gasteiger partial charge is 0.326 e. The predicted octanol–water partition coefficient (Wildman–Crippen LogP) is 3.62. The summed E-state index contributed by atoms with van der Waals surface area (Å²) in [5, 5.41) is 15.1. The summed E-state index contributed by atoms with van der Waals surface area (Å²) < 4.78 is 0. The number of carboxylic acids is 1. The molecular formula is C17H19ClN2O3S. The molecule has 1 aromatic carbocycles. The molecule has 0 bridgehead atoms. The molecule has 24 heavy (non-hydrogen) atoms. The number of thiazole rings is 1. The van der Waals surface area contributed by atoms with Gasteiger partial charge in [0, 0.05) is 16.0 Å². The fraction of sp³-hybridized carbons (Fsp3) is 0.353. The van der Waals surface area contributed by atoms with E-state index >= 15 is 0 Å². The standard InChI is InChI=1S/C17H19ClN2O3S/c1-3-10(2)15(17(22)23)20-14(21)8-13-9-24-16(19-13)11-4-6-12(18)7-5-11/h4-7,9-10,15H,3,8H2,1-2H3,(H,20,21)(H,22,23)/t10-,15+/m0/s1. The van der Waals surface area contributed by atoms with Crippen molar-refractivity contribution < 1.29 is 14.7 Å². The van der Waals surface area contributed by atoms with Crippen molar-refractivity contribution in [2.45, 2.75) is 32.7 Å². The number of halogens is 1. The third-order valence-corrected chi connectivity index (χ3v) is 4.97. The van der Waals surface area contributed by atoms with Crippen molar-refractivity contribution in [1.82, 2.24) is 10.3 Å². The first kappa shape index (κ1) is 18.4. The monoisotopic (exact) mass is 366 g/mol. The van der Waals surface area contributed by atoms with Crippen molar-refractivity contribution in [2.75, 3.05) is 0 Å². The van der Waals surface area contributed by atoms with E-state index in [0.29, 0.717) is 17.1 Å². The van der Waals surface area contributed by atoms with Crippen LogP contribution in [-0.2, 0) is 16.0 Å². The lowest BCUT2D eigenvalue weighted by atomic mass is 9.99. The number of nitrogens with zero attached hydrogens (tertiary/aromatic N) is 1. The number of carboxylic acid groups (broad SMARTS) is 1. The average molecular weight is 367 g/mol. The molecule has 0 radical (unpaired) electrons. The van der Waals surface area contributed by atoms with Gasteiger partial charge in [0.05, 0.1) is 12.1 Å². The lowest BCUT2D eigenvalue weighted by molar-refractivity contribution is -0.143. The molecule has 2 N–H and O–H groups in total. The molecule has 5 nitrogen and oxygen atoms in total. The largest absolute Gasteiger partial charge is 0.480 e. The van der Waals surface area contributed by atoms with Crippen molar-refractivity contribution in [3.05, 3.63) is 40.4 Å². The Labute approximate surface area is 149 Å². The minimum atomic E-state index is -1.02. The van der Waals surface area contributed by atoms with Crippen molar-refractivity contribution in [1.29, 1.82) is 0 Å². The Morgan fingerprint density at radius 1 is 1.33 bits per heavy atom. The van der Waals surface area contributed by atoms with Crippen LogP contribution in [0.1, 0.15) is 26.0 Å². The number of aliphatic carboxylic acids is 1. The molecule has 0 saturated heterocycles. The Hall–Kier alpha value is -1.92. The SMILES string of the molecule is CC[C@H](C)[C@@H](NC(=O)Cc1csc(-c2ccc(Cl)cc2)n1)C(=O)O. The maximum atomic E-state index is 12.1. The molecule has 1 heterocycles. The minimum Gasteiger partial charge on any atom is -0.480 e. The molecule has 0 unspecified atom stereocenters. The number of benzene rings is 1. The molecule has 0 aliphatic carbocycles. The van der Waals surface area contributed by atoms with Gasteiger partial charge in [-0.25, -0.2) is 9.78 Å². The maximum absolute atomic E-state index is 12.1. The van der Waals surface area contributed by atoms with Crippen LogP contribution in [0.3, 0.4) is 0 Å². The normalized spacial score (nSPS) is 13.3. The van der Waals surface area contributed by atoms with Gasteiger partial charge in [0.25, 0.3) is 0 Å². The van der Waals surface area contributed by atoms with Gasteiger partial charge in [-0.05, 0) is 18.1 Å². The molecule has 0 spiro atoms. The summed E-state index contributed by atoms with van der Waals surface area (Å²) in [7, 11) is 0. The molecule has 128 valence electrons. The van der Waals surface area contributed by atoms with Gasteiger partial charge in [-0.3, -0.25) is 4.79 Å². The van der Waals surface area contributed by atoms with E-state index < -0.39 is 12.0 Å². The van der Waals surface area contributed by atoms with Crippen LogP contribution in [0.4, 0.5) is 0 Å². The molecule has 0 fully saturated rings. The summed E-state index contributed by atoms with van der Waals surface area (Å²) in [5.41, 5.74) is 1.55. The number of hydrogen-bond acceptors (Lipinski definition) is 4. The van der Waals surface area contributed by atoms with Crippen LogP contribution in [-0.4, -0.2) is 28.0 Å². The average Bonchev–Trinajstić information content (AvgIpc) is 3.00. The van der Waals surface area contributed by atoms with Gasteiger partial charge in [-0.2, -0.15) is 0 Å². The fourth-order valence-electron chi connectivity index (χ4n) is 2.19. The highest BCUT2D eigenvalue weighted by atomic mass is 35.5. The highest BCUT2D eigenvalue weighted by Crippen LogP contribution is 2.25. The van der Waals surface area contributed by atoms with Crippen molar-refractivity contribution in [3.8, 4) is 10.6 Å². The van der Waals surface area contributed by atoms with Gasteiger partial charge in [-0.1, -0.05) is 44.0 Å². The van der Waals surface area contributed by atoms with E-state index in [1.807, 2.05) is 24.4 Å². The predicted molar refractivity (Wildman–Crippen MR) is 95.3 cm³/mol. The zero-order valence-electron chi connectivity index (χ0n) is 13.5. The van der Waals surface area contributed by atoms with Gasteiger partial charge in [0.2, 0.25) is 5.91 Å². The highest BCUT2D eigenvalue weighted by Gasteiger charge is 2.25. The van der Waals surface area contributed by atoms with E-state index in [9.17, 15) is 14.7 Å². The van der Waals surface area contributed by atoms with E-state index in [4.69, 9.17) is 11.6 Å². The molecule has 0 aliphatic rings. The first-order chi connectivity index (χ1) is 11.4. The summed E-state index contributed by atoms with van der Waals surface area (Å²) in [5.74, 6) is -1.49. The van der Waals surface area contributed by atoms with Crippen LogP contribution in [0.15, 0.2) is 29.6 Å². The highest BCUT2D eigenvalue weighted by molar-refractivity contribution is 7.13. The van der Waals surface area contributed by atoms with Crippen LogP contribution < -0.4 is 5.32 Å². The Balaban J connectivity index is 2.02. The summed E-state index contributed by atoms with van der Waals surface area (Å²) in [4.78, 5) is 27.8. The molecule has 1 amide bonds. The maximum Gasteiger partial charge on any atom is 0.326 e. The molecular weight excluding hydrogens is 348 g/mol. The molecule has 7 heteroatoms. The fourth-order valence-corrected chi connectivity index (χ4v) is 3.14. The number of aromatic nitrogens is 1. The van der Waals surface area contributed by atoms with Crippen LogP contribution in [0.2, 0.25) is 5.02 Å². The number of carbonyl (C=O) groups is 2. The Bertz CT molecular complexity index is 715. The summed E-state index contributed by atoms with van der Waals surface area (Å²) >= 11 is 7.30. The number of nitrogens with one attached hydrogen (secondary N) is 1. The molecule has 1 aromatic heterocycles. The number of rotatable bonds is 7. The van der Waals surface area contributed by atoms with Crippen molar-refractivity contribution >= 4 is 34.8 Å². The molecule has 2 aromatic rings. The van der Waals surface area contributed by atoms with Crippen LogP contribution in [0, 0.1) is 5.92 Å². The summed E-state index contributed by atoms with van der Waals surface area (Å²) in [6.45, 7) is 3.70. The Kier molecular flexibility index (Phi) is 6.34. The van der Waals surface area contributed by atoms with Gasteiger partial charge in [-0.15, -0.1) is 11.3 Å². The second kappa shape index (κ2) is 8.26. The third kappa shape index (κ3) is 4.79. The van der Waals surface area contributed by atoms with Gasteiger partial charge < -0.3 is 10.4 Å². The molecule has 2 rings (SSSR count). The molecule has 0 saturated carbocycles. The first-order valence-electron chi connectivity index (χ1n) is 7.63. The zero-order valence-corrected chi connectivity index (χ0v) is 15.0. The number of hydrogen-bond donors (Lipinski definition) is 2. The third-order valence-electron chi connectivity index (χ3n) is 3.78. The van der Waals surface area contributed by atoms with Gasteiger partial charge in [0.1, 0.15) is 11.0 Å². The van der Waals surface area contributed by atoms with E-state index in [-0.39, 0.29) is 18.2 Å². The molecule has 2 atom stereocenters. The lowest BCUT2D eigenvalue weighted by Crippen LogP contribution is -2.45. The quantitative estimate of drug-likeness (QED) is 0.784. The van der Waals surface area contributed by atoms with E-state index in [2.05, 4.69) is 10.3 Å². The van der Waals surface area contributed by atoms with E-state index in [1.54, 1.807) is 19.1 Å². The van der Waals surface area contributed by atoms with Crippen molar-refractivity contribution in [3.63, 3.8) is 0 Å². The number of amides is 1. The van der Waals surface area contributed by atoms with Crippen LogP contribution >= 0.6 is 22.9 Å². The second-order valence-corrected chi connectivity index (χ2v) is 6.89. The summed E-state index contributed by atoms with van der Waals surface area (Å²) in [6.07, 6.45) is 0.735. The minimum absolute atomic E-state index is 0.0598. The first-order valence-corrected chi connectivity index (χ1v) is 8.89. The van der Waals surface area contributed by atoms with Crippen molar-refractivity contribution in [2.24, 2.45) is 5.92 Å². The van der Waals surface area contributed by atoms with E-state index in [0.717, 1.165) is 10.6 Å². The van der Waals surface area contributed by atoms with Crippen LogP contribution in [0.25, 0.3) is 10.6 Å². The lowest BCUT2D eigenvalue weighted by Gasteiger charge is -2.19. The Morgan fingerprint density at radius 3 is 2.58 bits per heavy atom. The number of carbonyl (C=O) groups excluding carboxylic acids is 1. The topological polar surface area (TPSA) is 79.3 Å². The van der Waals surface area contributed by atoms with Crippen LogP contribution in [0.5, 0.6) is 0 Å². The zero-order chi connectivity index (χ0) is 17.7. The second-order valence-electron chi connectivity index (χ2n) is 5.60. The summed E-state index contributed by atoms with van der Waals surface area (Å²) in [6, 6.07) is 6.43.